The normalized spacial score (nSPS) is 19.9. The summed E-state index contributed by atoms with van der Waals surface area (Å²) in [4.78, 5) is 16.7. The quantitative estimate of drug-likeness (QED) is 0.503. The van der Waals surface area contributed by atoms with Crippen molar-refractivity contribution in [3.63, 3.8) is 0 Å². The zero-order chi connectivity index (χ0) is 19.1. The van der Waals surface area contributed by atoms with Gasteiger partial charge in [-0.3, -0.25) is 4.98 Å². The SMILES string of the molecule is N[C@@H]1CCCC[C@@H]1Nc1ncc2cncc(-c3c[nH]c4cc(F)ccc34)c2n1. The Hall–Kier alpha value is -3.06. The highest BCUT2D eigenvalue weighted by Gasteiger charge is 2.22. The first-order valence-electron chi connectivity index (χ1n) is 9.59. The van der Waals surface area contributed by atoms with Crippen molar-refractivity contribution in [2.75, 3.05) is 5.32 Å². The summed E-state index contributed by atoms with van der Waals surface area (Å²) in [6.07, 6.45) is 11.6. The van der Waals surface area contributed by atoms with Gasteiger partial charge in [0, 0.05) is 64.3 Å². The Bertz CT molecular complexity index is 1150. The molecule has 5 rings (SSSR count). The summed E-state index contributed by atoms with van der Waals surface area (Å²) >= 11 is 0. The van der Waals surface area contributed by atoms with Crippen LogP contribution in [0.15, 0.2) is 43.0 Å². The van der Waals surface area contributed by atoms with Gasteiger partial charge in [-0.15, -0.1) is 0 Å². The zero-order valence-electron chi connectivity index (χ0n) is 15.3. The predicted molar refractivity (Wildman–Crippen MR) is 108 cm³/mol. The minimum Gasteiger partial charge on any atom is -0.360 e. The molecule has 1 aromatic carbocycles. The molecule has 2 atom stereocenters. The van der Waals surface area contributed by atoms with Gasteiger partial charge in [0.1, 0.15) is 5.82 Å². The highest BCUT2D eigenvalue weighted by atomic mass is 19.1. The number of halogens is 1. The summed E-state index contributed by atoms with van der Waals surface area (Å²) in [6.45, 7) is 0. The van der Waals surface area contributed by atoms with Crippen LogP contribution >= 0.6 is 0 Å². The second-order valence-corrected chi connectivity index (χ2v) is 7.41. The van der Waals surface area contributed by atoms with Crippen molar-refractivity contribution in [2.45, 2.75) is 37.8 Å². The molecular weight excluding hydrogens is 355 g/mol. The molecule has 1 saturated carbocycles. The second-order valence-electron chi connectivity index (χ2n) is 7.41. The molecule has 3 heterocycles. The van der Waals surface area contributed by atoms with Crippen molar-refractivity contribution in [3.8, 4) is 11.1 Å². The van der Waals surface area contributed by atoms with E-state index < -0.39 is 0 Å². The number of hydrogen-bond acceptors (Lipinski definition) is 5. The molecule has 0 saturated heterocycles. The third kappa shape index (κ3) is 2.97. The molecule has 0 aliphatic heterocycles. The highest BCUT2D eigenvalue weighted by molar-refractivity contribution is 6.03. The van der Waals surface area contributed by atoms with Crippen LogP contribution in [-0.2, 0) is 0 Å². The number of aromatic nitrogens is 4. The van der Waals surface area contributed by atoms with Crippen LogP contribution in [-0.4, -0.2) is 32.0 Å². The van der Waals surface area contributed by atoms with E-state index in [1.165, 1.54) is 25.0 Å². The molecule has 0 unspecified atom stereocenters. The lowest BCUT2D eigenvalue weighted by Gasteiger charge is -2.29. The summed E-state index contributed by atoms with van der Waals surface area (Å²) in [7, 11) is 0. The van der Waals surface area contributed by atoms with E-state index in [0.717, 1.165) is 45.8 Å². The predicted octanol–water partition coefficient (Wildman–Crippen LogP) is 3.99. The van der Waals surface area contributed by atoms with E-state index in [9.17, 15) is 4.39 Å². The number of pyridine rings is 1. The summed E-state index contributed by atoms with van der Waals surface area (Å²) in [5.41, 5.74) is 9.63. The van der Waals surface area contributed by atoms with Crippen LogP contribution < -0.4 is 11.1 Å². The second kappa shape index (κ2) is 6.83. The van der Waals surface area contributed by atoms with Crippen LogP contribution in [0.25, 0.3) is 32.9 Å². The van der Waals surface area contributed by atoms with Gasteiger partial charge in [-0.2, -0.15) is 0 Å². The maximum Gasteiger partial charge on any atom is 0.223 e. The van der Waals surface area contributed by atoms with Crippen molar-refractivity contribution in [3.05, 3.63) is 48.8 Å². The molecule has 0 bridgehead atoms. The minimum absolute atomic E-state index is 0.119. The molecule has 0 radical (unpaired) electrons. The summed E-state index contributed by atoms with van der Waals surface area (Å²) in [5, 5.41) is 5.20. The molecule has 7 heteroatoms. The van der Waals surface area contributed by atoms with E-state index in [0.29, 0.717) is 5.95 Å². The summed E-state index contributed by atoms with van der Waals surface area (Å²) in [5.74, 6) is 0.308. The highest BCUT2D eigenvalue weighted by Crippen LogP contribution is 2.33. The molecular formula is C21H21FN6. The van der Waals surface area contributed by atoms with Crippen molar-refractivity contribution >= 4 is 27.8 Å². The topological polar surface area (TPSA) is 92.5 Å². The fourth-order valence-electron chi connectivity index (χ4n) is 4.05. The van der Waals surface area contributed by atoms with Crippen LogP contribution in [0.4, 0.5) is 10.3 Å². The first-order chi connectivity index (χ1) is 13.7. The standard InChI is InChI=1S/C21H21FN6/c22-13-5-6-14-15(11-25-19(14)7-13)16-10-24-8-12-9-26-21(28-20(12)16)27-18-4-2-1-3-17(18)23/h5-11,17-18,25H,1-4,23H2,(H,26,27,28)/t17-,18+/m1/s1. The van der Waals surface area contributed by atoms with Gasteiger partial charge in [0.15, 0.2) is 0 Å². The smallest absolute Gasteiger partial charge is 0.223 e. The number of rotatable bonds is 3. The Morgan fingerprint density at radius 2 is 2.00 bits per heavy atom. The van der Waals surface area contributed by atoms with Gasteiger partial charge in [0.2, 0.25) is 5.95 Å². The maximum absolute atomic E-state index is 13.5. The molecule has 1 aliphatic carbocycles. The lowest BCUT2D eigenvalue weighted by Crippen LogP contribution is -2.42. The maximum atomic E-state index is 13.5. The Morgan fingerprint density at radius 1 is 1.11 bits per heavy atom. The number of aromatic amines is 1. The molecule has 3 aromatic heterocycles. The lowest BCUT2D eigenvalue weighted by atomic mass is 9.91. The monoisotopic (exact) mass is 376 g/mol. The Morgan fingerprint density at radius 3 is 2.89 bits per heavy atom. The number of benzene rings is 1. The summed E-state index contributed by atoms with van der Waals surface area (Å²) in [6, 6.07) is 5.03. The summed E-state index contributed by atoms with van der Waals surface area (Å²) < 4.78 is 13.5. The Balaban J connectivity index is 1.59. The lowest BCUT2D eigenvalue weighted by molar-refractivity contribution is 0.402. The third-order valence-corrected chi connectivity index (χ3v) is 5.56. The number of anilines is 1. The molecule has 4 N–H and O–H groups in total. The molecule has 0 amide bonds. The molecule has 142 valence electrons. The van der Waals surface area contributed by atoms with Gasteiger partial charge in [-0.1, -0.05) is 12.8 Å². The number of fused-ring (bicyclic) bond motifs is 2. The van der Waals surface area contributed by atoms with Crippen LogP contribution in [0.2, 0.25) is 0 Å². The molecule has 1 aliphatic rings. The molecule has 4 aromatic rings. The fourth-order valence-corrected chi connectivity index (χ4v) is 4.05. The van der Waals surface area contributed by atoms with Gasteiger partial charge < -0.3 is 16.0 Å². The van der Waals surface area contributed by atoms with E-state index in [4.69, 9.17) is 10.7 Å². The van der Waals surface area contributed by atoms with Crippen LogP contribution in [0.5, 0.6) is 0 Å². The number of hydrogen-bond donors (Lipinski definition) is 3. The van der Waals surface area contributed by atoms with Crippen molar-refractivity contribution in [1.82, 2.24) is 19.9 Å². The van der Waals surface area contributed by atoms with Crippen LogP contribution in [0.1, 0.15) is 25.7 Å². The number of nitrogens with one attached hydrogen (secondary N) is 2. The van der Waals surface area contributed by atoms with E-state index in [1.807, 2.05) is 6.20 Å². The molecule has 1 fully saturated rings. The van der Waals surface area contributed by atoms with Crippen LogP contribution in [0, 0.1) is 5.82 Å². The molecule has 6 nitrogen and oxygen atoms in total. The van der Waals surface area contributed by atoms with E-state index in [1.54, 1.807) is 24.7 Å². The van der Waals surface area contributed by atoms with Gasteiger partial charge in [0.25, 0.3) is 0 Å². The third-order valence-electron chi connectivity index (χ3n) is 5.56. The zero-order valence-corrected chi connectivity index (χ0v) is 15.3. The van der Waals surface area contributed by atoms with Gasteiger partial charge in [-0.25, -0.2) is 14.4 Å². The first-order valence-corrected chi connectivity index (χ1v) is 9.59. The Labute approximate surface area is 161 Å². The number of nitrogens with zero attached hydrogens (tertiary/aromatic N) is 3. The fraction of sp³-hybridized carbons (Fsp3) is 0.286. The van der Waals surface area contributed by atoms with E-state index in [2.05, 4.69) is 20.3 Å². The van der Waals surface area contributed by atoms with E-state index in [-0.39, 0.29) is 17.9 Å². The molecule has 28 heavy (non-hydrogen) atoms. The van der Waals surface area contributed by atoms with E-state index >= 15 is 0 Å². The van der Waals surface area contributed by atoms with Gasteiger partial charge >= 0.3 is 0 Å². The number of nitrogens with two attached hydrogens (primary N) is 1. The van der Waals surface area contributed by atoms with Crippen molar-refractivity contribution < 1.29 is 4.39 Å². The van der Waals surface area contributed by atoms with Gasteiger partial charge in [0.05, 0.1) is 5.52 Å². The van der Waals surface area contributed by atoms with Crippen LogP contribution in [0.3, 0.4) is 0 Å². The van der Waals surface area contributed by atoms with Gasteiger partial charge in [-0.05, 0) is 31.0 Å². The molecule has 0 spiro atoms. The largest absolute Gasteiger partial charge is 0.360 e. The average molecular weight is 376 g/mol. The average Bonchev–Trinajstić information content (AvgIpc) is 3.12. The minimum atomic E-state index is -0.269. The van der Waals surface area contributed by atoms with Crippen molar-refractivity contribution in [2.24, 2.45) is 5.73 Å². The Kier molecular flexibility index (Phi) is 4.16. The first kappa shape index (κ1) is 17.1. The number of H-pyrrole nitrogens is 1. The van der Waals surface area contributed by atoms with Crippen molar-refractivity contribution in [1.29, 1.82) is 0 Å².